The van der Waals surface area contributed by atoms with Crippen LogP contribution in [-0.2, 0) is 23.2 Å². The van der Waals surface area contributed by atoms with E-state index in [4.69, 9.17) is 4.74 Å². The van der Waals surface area contributed by atoms with E-state index in [0.717, 1.165) is 22.4 Å². The molecule has 5 rings (SSSR count). The molecule has 5 nitrogen and oxygen atoms in total. The average Bonchev–Trinajstić information content (AvgIpc) is 2.86. The van der Waals surface area contributed by atoms with E-state index in [1.807, 2.05) is 91.0 Å². The van der Waals surface area contributed by atoms with Crippen LogP contribution in [-0.4, -0.2) is 12.7 Å². The maximum atomic E-state index is 13.6. The minimum absolute atomic E-state index is 0.265. The third-order valence-electron chi connectivity index (χ3n) is 5.68. The maximum absolute atomic E-state index is 13.6. The molecule has 4 aromatic rings. The van der Waals surface area contributed by atoms with Gasteiger partial charge in [-0.25, -0.2) is 8.42 Å². The summed E-state index contributed by atoms with van der Waals surface area (Å²) in [6, 6.07) is 34.2. The number of para-hydroxylation sites is 1. The van der Waals surface area contributed by atoms with Crippen LogP contribution in [0.25, 0.3) is 0 Å². The first-order valence-electron chi connectivity index (χ1n) is 10.8. The first-order valence-corrected chi connectivity index (χ1v) is 12.2. The standard InChI is InChI=1S/C27H24N2O3S/c30-33(31)26-14-8-7-13-25(26)28-27(29(33)19-21-9-3-1-4-10-21)23-15-17-24(18-16-23)32-20-22-11-5-2-6-12-22/h1-18,27-28H,19-20H2. The van der Waals surface area contributed by atoms with Gasteiger partial charge < -0.3 is 10.1 Å². The summed E-state index contributed by atoms with van der Waals surface area (Å²) in [5.74, 6) is 0.733. The van der Waals surface area contributed by atoms with E-state index < -0.39 is 16.2 Å². The first kappa shape index (κ1) is 21.2. The molecule has 1 aliphatic rings. The lowest BCUT2D eigenvalue weighted by Gasteiger charge is -2.37. The van der Waals surface area contributed by atoms with Gasteiger partial charge in [0.15, 0.2) is 0 Å². The number of hydrogen-bond donors (Lipinski definition) is 1. The summed E-state index contributed by atoms with van der Waals surface area (Å²) in [7, 11) is -3.70. The Balaban J connectivity index is 1.44. The third kappa shape index (κ3) is 4.49. The maximum Gasteiger partial charge on any atom is 0.247 e. The van der Waals surface area contributed by atoms with E-state index in [9.17, 15) is 8.42 Å². The number of fused-ring (bicyclic) bond motifs is 1. The van der Waals surface area contributed by atoms with Crippen LogP contribution in [0.15, 0.2) is 114 Å². The molecule has 0 aliphatic carbocycles. The number of hydrogen-bond acceptors (Lipinski definition) is 4. The van der Waals surface area contributed by atoms with Crippen molar-refractivity contribution in [2.75, 3.05) is 5.32 Å². The number of rotatable bonds is 6. The van der Waals surface area contributed by atoms with Gasteiger partial charge in [-0.2, -0.15) is 4.31 Å². The van der Waals surface area contributed by atoms with Gasteiger partial charge in [-0.1, -0.05) is 84.9 Å². The fourth-order valence-electron chi connectivity index (χ4n) is 3.97. The highest BCUT2D eigenvalue weighted by Gasteiger charge is 2.38. The van der Waals surface area contributed by atoms with Gasteiger partial charge in [0.25, 0.3) is 0 Å². The summed E-state index contributed by atoms with van der Waals surface area (Å²) in [6.45, 7) is 0.741. The Morgan fingerprint density at radius 3 is 2.03 bits per heavy atom. The zero-order valence-electron chi connectivity index (χ0n) is 18.0. The summed E-state index contributed by atoms with van der Waals surface area (Å²) in [4.78, 5) is 0.292. The van der Waals surface area contributed by atoms with Crippen LogP contribution >= 0.6 is 0 Å². The quantitative estimate of drug-likeness (QED) is 0.411. The second-order valence-electron chi connectivity index (χ2n) is 7.92. The van der Waals surface area contributed by atoms with Crippen molar-refractivity contribution in [3.05, 3.63) is 126 Å². The molecule has 0 spiro atoms. The van der Waals surface area contributed by atoms with Crippen LogP contribution in [0.2, 0.25) is 0 Å². The van der Waals surface area contributed by atoms with Gasteiger partial charge in [-0.3, -0.25) is 0 Å². The van der Waals surface area contributed by atoms with Crippen LogP contribution in [0.3, 0.4) is 0 Å². The fraction of sp³-hybridized carbons (Fsp3) is 0.111. The van der Waals surface area contributed by atoms with Crippen molar-refractivity contribution in [2.45, 2.75) is 24.2 Å². The largest absolute Gasteiger partial charge is 0.489 e. The predicted octanol–water partition coefficient (Wildman–Crippen LogP) is 5.58. The molecule has 1 atom stereocenters. The Bertz CT molecular complexity index is 1320. The molecule has 0 amide bonds. The molecule has 0 saturated carbocycles. The SMILES string of the molecule is O=S1(=O)c2ccccc2NC(c2ccc(OCc3ccccc3)cc2)N1Cc1ccccc1. The smallest absolute Gasteiger partial charge is 0.247 e. The molecule has 1 aliphatic heterocycles. The van der Waals surface area contributed by atoms with Gasteiger partial charge >= 0.3 is 0 Å². The van der Waals surface area contributed by atoms with Crippen molar-refractivity contribution >= 4 is 15.7 Å². The van der Waals surface area contributed by atoms with E-state index >= 15 is 0 Å². The second kappa shape index (κ2) is 9.10. The number of benzene rings is 4. The van der Waals surface area contributed by atoms with Gasteiger partial charge in [0.05, 0.1) is 5.69 Å². The highest BCUT2D eigenvalue weighted by molar-refractivity contribution is 7.89. The molecule has 1 N–H and O–H groups in total. The second-order valence-corrected chi connectivity index (χ2v) is 9.78. The monoisotopic (exact) mass is 456 g/mol. The van der Waals surface area contributed by atoms with Crippen LogP contribution in [0.1, 0.15) is 22.9 Å². The van der Waals surface area contributed by atoms with Crippen molar-refractivity contribution in [1.29, 1.82) is 0 Å². The van der Waals surface area contributed by atoms with Gasteiger partial charge in [0.1, 0.15) is 23.4 Å². The Morgan fingerprint density at radius 1 is 0.727 bits per heavy atom. The summed E-state index contributed by atoms with van der Waals surface area (Å²) in [6.07, 6.45) is -0.534. The summed E-state index contributed by atoms with van der Waals surface area (Å²) in [5.41, 5.74) is 3.47. The topological polar surface area (TPSA) is 58.6 Å². The van der Waals surface area contributed by atoms with E-state index in [2.05, 4.69) is 5.32 Å². The Morgan fingerprint density at radius 2 is 1.33 bits per heavy atom. The molecule has 4 aromatic carbocycles. The Hall–Kier alpha value is -3.61. The molecule has 1 unspecified atom stereocenters. The number of nitrogens with zero attached hydrogens (tertiary/aromatic N) is 1. The molecule has 0 aromatic heterocycles. The predicted molar refractivity (Wildman–Crippen MR) is 129 cm³/mol. The molecule has 0 radical (unpaired) electrons. The van der Waals surface area contributed by atoms with Crippen molar-refractivity contribution in [3.8, 4) is 5.75 Å². The van der Waals surface area contributed by atoms with Crippen LogP contribution in [0.4, 0.5) is 5.69 Å². The zero-order valence-corrected chi connectivity index (χ0v) is 18.8. The van der Waals surface area contributed by atoms with Crippen LogP contribution < -0.4 is 10.1 Å². The van der Waals surface area contributed by atoms with Crippen LogP contribution in [0, 0.1) is 0 Å². The fourth-order valence-corrected chi connectivity index (χ4v) is 5.65. The number of anilines is 1. The van der Waals surface area contributed by atoms with E-state index in [0.29, 0.717) is 17.2 Å². The molecule has 1 heterocycles. The molecule has 0 fully saturated rings. The lowest BCUT2D eigenvalue weighted by molar-refractivity contribution is 0.305. The molecular weight excluding hydrogens is 432 g/mol. The molecular formula is C27H24N2O3S. The minimum Gasteiger partial charge on any atom is -0.489 e. The van der Waals surface area contributed by atoms with Crippen molar-refractivity contribution in [3.63, 3.8) is 0 Å². The molecule has 0 bridgehead atoms. The van der Waals surface area contributed by atoms with E-state index in [-0.39, 0.29) is 6.54 Å². The highest BCUT2D eigenvalue weighted by Crippen LogP contribution is 2.39. The van der Waals surface area contributed by atoms with Gasteiger partial charge in [0.2, 0.25) is 10.0 Å². The zero-order chi connectivity index (χ0) is 22.7. The molecule has 6 heteroatoms. The Labute approximate surface area is 194 Å². The van der Waals surface area contributed by atoms with Crippen molar-refractivity contribution in [2.24, 2.45) is 0 Å². The molecule has 166 valence electrons. The average molecular weight is 457 g/mol. The lowest BCUT2D eigenvalue weighted by Crippen LogP contribution is -2.42. The lowest BCUT2D eigenvalue weighted by atomic mass is 10.1. The normalized spacial score (nSPS) is 17.0. The summed E-state index contributed by atoms with van der Waals surface area (Å²) in [5, 5.41) is 3.42. The number of sulfonamides is 1. The van der Waals surface area contributed by atoms with Gasteiger partial charge in [0, 0.05) is 6.54 Å². The number of nitrogens with one attached hydrogen (secondary N) is 1. The molecule has 0 saturated heterocycles. The minimum atomic E-state index is -3.70. The van der Waals surface area contributed by atoms with Gasteiger partial charge in [-0.15, -0.1) is 0 Å². The van der Waals surface area contributed by atoms with Gasteiger partial charge in [-0.05, 0) is 41.0 Å². The van der Waals surface area contributed by atoms with E-state index in [1.165, 1.54) is 4.31 Å². The first-order chi connectivity index (χ1) is 16.1. The van der Waals surface area contributed by atoms with Crippen molar-refractivity contribution < 1.29 is 13.2 Å². The molecule has 33 heavy (non-hydrogen) atoms. The van der Waals surface area contributed by atoms with Crippen LogP contribution in [0.5, 0.6) is 5.75 Å². The Kier molecular flexibility index (Phi) is 5.86. The highest BCUT2D eigenvalue weighted by atomic mass is 32.2. The summed E-state index contributed by atoms with van der Waals surface area (Å²) >= 11 is 0. The third-order valence-corrected chi connectivity index (χ3v) is 7.55. The summed E-state index contributed by atoms with van der Waals surface area (Å²) < 4.78 is 34.6. The van der Waals surface area contributed by atoms with E-state index in [1.54, 1.807) is 18.2 Å². The van der Waals surface area contributed by atoms with Crippen molar-refractivity contribution in [1.82, 2.24) is 4.31 Å². The number of ether oxygens (including phenoxy) is 1.